The molecular formula is C15H21F2NO. The second kappa shape index (κ2) is 6.96. The molecule has 0 radical (unpaired) electrons. The van der Waals surface area contributed by atoms with Crippen LogP contribution in [0.3, 0.4) is 0 Å². The molecule has 0 aliphatic heterocycles. The van der Waals surface area contributed by atoms with Gasteiger partial charge in [0.1, 0.15) is 6.61 Å². The summed E-state index contributed by atoms with van der Waals surface area (Å²) in [6, 6.07) is 8.79. The molecule has 2 nitrogen and oxygen atoms in total. The number of alkyl halides is 2. The summed E-state index contributed by atoms with van der Waals surface area (Å²) < 4.78 is 28.7. The molecule has 0 saturated carbocycles. The molecule has 4 heteroatoms. The first kappa shape index (κ1) is 14.4. The first-order valence-electron chi connectivity index (χ1n) is 6.86. The van der Waals surface area contributed by atoms with Crippen LogP contribution in [0.15, 0.2) is 24.3 Å². The predicted octanol–water partition coefficient (Wildman–Crippen LogP) is 3.50. The number of nitrogens with one attached hydrogen (secondary N) is 1. The number of hydrogen-bond acceptors (Lipinski definition) is 2. The maximum absolute atomic E-state index is 11.9. The molecule has 106 valence electrons. The molecule has 1 aromatic rings. The molecule has 2 rings (SSSR count). The monoisotopic (exact) mass is 269 g/mol. The Morgan fingerprint density at radius 2 is 2.00 bits per heavy atom. The van der Waals surface area contributed by atoms with Crippen LogP contribution >= 0.6 is 0 Å². The molecule has 1 aliphatic rings. The van der Waals surface area contributed by atoms with Crippen molar-refractivity contribution >= 4 is 0 Å². The minimum absolute atomic E-state index is 0.322. The largest absolute Gasteiger partial charge is 0.374 e. The molecule has 1 aromatic carbocycles. The lowest BCUT2D eigenvalue weighted by molar-refractivity contribution is 0.0180. The number of ether oxygens (including phenoxy) is 1. The Balaban J connectivity index is 1.83. The lowest BCUT2D eigenvalue weighted by atomic mass is 9.81. The summed E-state index contributed by atoms with van der Waals surface area (Å²) in [6.45, 7) is 2.72. The van der Waals surface area contributed by atoms with E-state index in [1.54, 1.807) is 0 Å². The van der Waals surface area contributed by atoms with Crippen LogP contribution in [-0.4, -0.2) is 26.2 Å². The average molecular weight is 269 g/mol. The minimum atomic E-state index is -2.38. The molecule has 19 heavy (non-hydrogen) atoms. The third-order valence-electron chi connectivity index (χ3n) is 3.67. The highest BCUT2D eigenvalue weighted by atomic mass is 19.3. The minimum Gasteiger partial charge on any atom is -0.374 e. The molecule has 0 spiro atoms. The Morgan fingerprint density at radius 1 is 1.26 bits per heavy atom. The van der Waals surface area contributed by atoms with Crippen LogP contribution in [-0.2, 0) is 4.74 Å². The van der Waals surface area contributed by atoms with Gasteiger partial charge in [-0.05, 0) is 29.9 Å². The quantitative estimate of drug-likeness (QED) is 0.798. The Kier molecular flexibility index (Phi) is 5.28. The molecule has 0 bridgehead atoms. The van der Waals surface area contributed by atoms with E-state index >= 15 is 0 Å². The first-order valence-corrected chi connectivity index (χ1v) is 6.86. The predicted molar refractivity (Wildman–Crippen MR) is 71.7 cm³/mol. The van der Waals surface area contributed by atoms with Crippen molar-refractivity contribution in [3.63, 3.8) is 0 Å². The van der Waals surface area contributed by atoms with Crippen molar-refractivity contribution in [1.29, 1.82) is 0 Å². The average Bonchev–Trinajstić information content (AvgIpc) is 2.41. The third kappa shape index (κ3) is 3.98. The topological polar surface area (TPSA) is 21.3 Å². The van der Waals surface area contributed by atoms with E-state index in [1.807, 2.05) is 0 Å². The van der Waals surface area contributed by atoms with Gasteiger partial charge in [-0.1, -0.05) is 31.2 Å². The number of rotatable bonds is 6. The second-order valence-electron chi connectivity index (χ2n) is 5.08. The summed E-state index contributed by atoms with van der Waals surface area (Å²) in [5.41, 5.74) is 2.75. The van der Waals surface area contributed by atoms with Gasteiger partial charge in [-0.15, -0.1) is 0 Å². The first-order chi connectivity index (χ1) is 9.18. The molecule has 0 amide bonds. The molecule has 0 fully saturated rings. The summed E-state index contributed by atoms with van der Waals surface area (Å²) in [4.78, 5) is 0. The van der Waals surface area contributed by atoms with E-state index in [2.05, 4.69) is 36.5 Å². The van der Waals surface area contributed by atoms with Crippen LogP contribution in [0, 0.1) is 0 Å². The zero-order chi connectivity index (χ0) is 13.7. The summed E-state index contributed by atoms with van der Waals surface area (Å²) in [5.74, 6) is 0.601. The fraction of sp³-hybridized carbons (Fsp3) is 0.600. The Morgan fingerprint density at radius 3 is 2.74 bits per heavy atom. The highest BCUT2D eigenvalue weighted by Crippen LogP contribution is 2.36. The Hall–Kier alpha value is -1.00. The fourth-order valence-corrected chi connectivity index (χ4v) is 2.69. The Labute approximate surface area is 113 Å². The molecular weight excluding hydrogens is 248 g/mol. The standard InChI is InChI=1S/C15H21F2NO/c1-11-6-7-14(13-5-3-2-4-12(11)13)18-8-9-19-10-15(16)17/h2-5,11,14-15,18H,6-10H2,1H3. The molecule has 2 unspecified atom stereocenters. The van der Waals surface area contributed by atoms with Gasteiger partial charge < -0.3 is 10.1 Å². The summed E-state index contributed by atoms with van der Waals surface area (Å²) in [6.07, 6.45) is -0.129. The van der Waals surface area contributed by atoms with Gasteiger partial charge in [-0.2, -0.15) is 0 Å². The fourth-order valence-electron chi connectivity index (χ4n) is 2.69. The molecule has 0 saturated heterocycles. The Bertz CT molecular complexity index is 397. The van der Waals surface area contributed by atoms with E-state index in [9.17, 15) is 8.78 Å². The highest BCUT2D eigenvalue weighted by Gasteiger charge is 2.23. The van der Waals surface area contributed by atoms with E-state index in [0.29, 0.717) is 25.1 Å². The van der Waals surface area contributed by atoms with Crippen LogP contribution in [0.1, 0.15) is 42.9 Å². The normalized spacial score (nSPS) is 22.5. The molecule has 1 aliphatic carbocycles. The van der Waals surface area contributed by atoms with Crippen LogP contribution in [0.4, 0.5) is 8.78 Å². The van der Waals surface area contributed by atoms with E-state index < -0.39 is 13.0 Å². The van der Waals surface area contributed by atoms with E-state index in [-0.39, 0.29) is 0 Å². The van der Waals surface area contributed by atoms with Gasteiger partial charge in [0, 0.05) is 12.6 Å². The van der Waals surface area contributed by atoms with Crippen molar-refractivity contribution in [3.8, 4) is 0 Å². The lowest BCUT2D eigenvalue weighted by Gasteiger charge is -2.30. The third-order valence-corrected chi connectivity index (χ3v) is 3.67. The SMILES string of the molecule is CC1CCC(NCCOCC(F)F)c2ccccc21. The zero-order valence-electron chi connectivity index (χ0n) is 11.2. The van der Waals surface area contributed by atoms with Gasteiger partial charge in [-0.3, -0.25) is 0 Å². The van der Waals surface area contributed by atoms with Crippen LogP contribution in [0.25, 0.3) is 0 Å². The van der Waals surface area contributed by atoms with Gasteiger partial charge in [0.05, 0.1) is 6.61 Å². The summed E-state index contributed by atoms with van der Waals surface area (Å²) in [7, 11) is 0. The van der Waals surface area contributed by atoms with Gasteiger partial charge in [0.25, 0.3) is 6.43 Å². The molecule has 2 atom stereocenters. The van der Waals surface area contributed by atoms with Crippen molar-refractivity contribution in [2.75, 3.05) is 19.8 Å². The summed E-state index contributed by atoms with van der Waals surface area (Å²) in [5, 5.41) is 3.40. The van der Waals surface area contributed by atoms with Crippen molar-refractivity contribution in [3.05, 3.63) is 35.4 Å². The number of benzene rings is 1. The summed E-state index contributed by atoms with van der Waals surface area (Å²) >= 11 is 0. The number of halogens is 2. The van der Waals surface area contributed by atoms with Gasteiger partial charge in [-0.25, -0.2) is 8.78 Å². The van der Waals surface area contributed by atoms with Crippen LogP contribution in [0.2, 0.25) is 0 Å². The van der Waals surface area contributed by atoms with E-state index in [1.165, 1.54) is 11.1 Å². The van der Waals surface area contributed by atoms with Crippen molar-refractivity contribution in [2.45, 2.75) is 38.2 Å². The highest BCUT2D eigenvalue weighted by molar-refractivity contribution is 5.34. The molecule has 0 aromatic heterocycles. The number of hydrogen-bond donors (Lipinski definition) is 1. The number of fused-ring (bicyclic) bond motifs is 1. The lowest BCUT2D eigenvalue weighted by Crippen LogP contribution is -2.29. The van der Waals surface area contributed by atoms with Crippen molar-refractivity contribution in [2.24, 2.45) is 0 Å². The van der Waals surface area contributed by atoms with Crippen molar-refractivity contribution in [1.82, 2.24) is 5.32 Å². The maximum atomic E-state index is 11.9. The van der Waals surface area contributed by atoms with Crippen LogP contribution < -0.4 is 5.32 Å². The van der Waals surface area contributed by atoms with Gasteiger partial charge >= 0.3 is 0 Å². The second-order valence-corrected chi connectivity index (χ2v) is 5.08. The molecule has 1 N–H and O–H groups in total. The van der Waals surface area contributed by atoms with Gasteiger partial charge in [0.2, 0.25) is 0 Å². The zero-order valence-corrected chi connectivity index (χ0v) is 11.2. The van der Waals surface area contributed by atoms with Gasteiger partial charge in [0.15, 0.2) is 0 Å². The van der Waals surface area contributed by atoms with E-state index in [4.69, 9.17) is 4.74 Å². The van der Waals surface area contributed by atoms with E-state index in [0.717, 1.165) is 12.8 Å². The van der Waals surface area contributed by atoms with Crippen LogP contribution in [0.5, 0.6) is 0 Å². The molecule has 0 heterocycles. The maximum Gasteiger partial charge on any atom is 0.261 e. The smallest absolute Gasteiger partial charge is 0.261 e. The van der Waals surface area contributed by atoms with Crippen molar-refractivity contribution < 1.29 is 13.5 Å².